The topological polar surface area (TPSA) is 58.6 Å². The van der Waals surface area contributed by atoms with Crippen LogP contribution in [0, 0.1) is 5.92 Å². The highest BCUT2D eigenvalue weighted by Crippen LogP contribution is 2.25. The van der Waals surface area contributed by atoms with Crippen molar-refractivity contribution in [3.05, 3.63) is 28.2 Å². The van der Waals surface area contributed by atoms with Gasteiger partial charge in [-0.3, -0.25) is 9.59 Å². The predicted molar refractivity (Wildman–Crippen MR) is 88.8 cm³/mol. The average molecular weight is 357 g/mol. The molecule has 23 heavy (non-hydrogen) atoms. The number of hydrogen-bond donors (Lipinski definition) is 1. The maximum Gasteiger partial charge on any atom is 0.229 e. The van der Waals surface area contributed by atoms with Crippen molar-refractivity contribution in [3.8, 4) is 0 Å². The molecule has 3 rings (SSSR count). The average Bonchev–Trinajstić information content (AvgIpc) is 3.09. The molecule has 0 radical (unpaired) electrons. The third-order valence-electron chi connectivity index (χ3n) is 4.16. The summed E-state index contributed by atoms with van der Waals surface area (Å²) >= 11 is 11.8. The monoisotopic (exact) mass is 356 g/mol. The van der Waals surface area contributed by atoms with Gasteiger partial charge in [0.2, 0.25) is 11.8 Å². The van der Waals surface area contributed by atoms with E-state index in [0.29, 0.717) is 28.8 Å². The fourth-order valence-corrected chi connectivity index (χ4v) is 3.55. The SMILES string of the molecule is O=C(Nc1cc(Cl)cc(Cl)c1)C1CC(=O)N(CC2CCCO2)C1. The zero-order valence-electron chi connectivity index (χ0n) is 12.6. The van der Waals surface area contributed by atoms with Crippen molar-refractivity contribution < 1.29 is 14.3 Å². The predicted octanol–water partition coefficient (Wildman–Crippen LogP) is 2.96. The number of carbonyl (C=O) groups is 2. The van der Waals surface area contributed by atoms with Crippen molar-refractivity contribution in [1.29, 1.82) is 0 Å². The summed E-state index contributed by atoms with van der Waals surface area (Å²) in [7, 11) is 0. The molecule has 2 amide bonds. The molecule has 2 atom stereocenters. The zero-order chi connectivity index (χ0) is 16.4. The van der Waals surface area contributed by atoms with Gasteiger partial charge in [-0.05, 0) is 31.0 Å². The van der Waals surface area contributed by atoms with Crippen LogP contribution >= 0.6 is 23.2 Å². The van der Waals surface area contributed by atoms with Gasteiger partial charge >= 0.3 is 0 Å². The minimum Gasteiger partial charge on any atom is -0.376 e. The van der Waals surface area contributed by atoms with Crippen LogP contribution in [0.1, 0.15) is 19.3 Å². The van der Waals surface area contributed by atoms with E-state index in [2.05, 4.69) is 5.32 Å². The quantitative estimate of drug-likeness (QED) is 0.901. The number of benzene rings is 1. The van der Waals surface area contributed by atoms with Crippen LogP contribution in [0.4, 0.5) is 5.69 Å². The molecule has 0 aromatic heterocycles. The smallest absolute Gasteiger partial charge is 0.229 e. The molecule has 2 aliphatic rings. The summed E-state index contributed by atoms with van der Waals surface area (Å²) in [5.74, 6) is -0.544. The summed E-state index contributed by atoms with van der Waals surface area (Å²) in [6.07, 6.45) is 2.34. The molecule has 2 fully saturated rings. The second-order valence-electron chi connectivity index (χ2n) is 5.98. The Morgan fingerprint density at radius 1 is 1.30 bits per heavy atom. The summed E-state index contributed by atoms with van der Waals surface area (Å²) in [5, 5.41) is 3.69. The minimum atomic E-state index is -0.360. The fourth-order valence-electron chi connectivity index (χ4n) is 3.03. The van der Waals surface area contributed by atoms with E-state index in [9.17, 15) is 9.59 Å². The van der Waals surface area contributed by atoms with Crippen molar-refractivity contribution in [2.45, 2.75) is 25.4 Å². The molecule has 0 bridgehead atoms. The molecule has 2 heterocycles. The van der Waals surface area contributed by atoms with Crippen molar-refractivity contribution in [3.63, 3.8) is 0 Å². The Hall–Kier alpha value is -1.30. The molecule has 1 N–H and O–H groups in total. The molecular weight excluding hydrogens is 339 g/mol. The largest absolute Gasteiger partial charge is 0.376 e. The number of nitrogens with zero attached hydrogens (tertiary/aromatic N) is 1. The summed E-state index contributed by atoms with van der Waals surface area (Å²) in [4.78, 5) is 26.2. The molecule has 0 spiro atoms. The van der Waals surface area contributed by atoms with Gasteiger partial charge in [0.1, 0.15) is 0 Å². The van der Waals surface area contributed by atoms with Crippen LogP contribution in [-0.4, -0.2) is 42.5 Å². The number of rotatable bonds is 4. The number of amides is 2. The number of hydrogen-bond acceptors (Lipinski definition) is 3. The van der Waals surface area contributed by atoms with Crippen LogP contribution in [0.15, 0.2) is 18.2 Å². The normalized spacial score (nSPS) is 24.3. The van der Waals surface area contributed by atoms with Crippen LogP contribution in [0.3, 0.4) is 0 Å². The van der Waals surface area contributed by atoms with Crippen LogP contribution < -0.4 is 5.32 Å². The molecule has 2 unspecified atom stereocenters. The van der Waals surface area contributed by atoms with Crippen LogP contribution in [0.5, 0.6) is 0 Å². The molecular formula is C16H18Cl2N2O3. The lowest BCUT2D eigenvalue weighted by atomic mass is 10.1. The first-order valence-corrected chi connectivity index (χ1v) is 8.43. The molecule has 0 aliphatic carbocycles. The van der Waals surface area contributed by atoms with E-state index in [0.717, 1.165) is 19.4 Å². The molecule has 2 saturated heterocycles. The van der Waals surface area contributed by atoms with E-state index >= 15 is 0 Å². The van der Waals surface area contributed by atoms with E-state index in [1.807, 2.05) is 0 Å². The van der Waals surface area contributed by atoms with Crippen molar-refractivity contribution in [2.24, 2.45) is 5.92 Å². The molecule has 0 saturated carbocycles. The number of halogens is 2. The van der Waals surface area contributed by atoms with Gasteiger partial charge in [-0.25, -0.2) is 0 Å². The maximum absolute atomic E-state index is 12.4. The third-order valence-corrected chi connectivity index (χ3v) is 4.60. The molecule has 1 aromatic rings. The van der Waals surface area contributed by atoms with E-state index in [4.69, 9.17) is 27.9 Å². The lowest BCUT2D eigenvalue weighted by molar-refractivity contribution is -0.129. The summed E-state index contributed by atoms with van der Waals surface area (Å²) in [5.41, 5.74) is 0.539. The van der Waals surface area contributed by atoms with Crippen LogP contribution in [0.25, 0.3) is 0 Å². The van der Waals surface area contributed by atoms with Gasteiger partial charge in [0, 0.05) is 41.8 Å². The Kier molecular flexibility index (Phi) is 5.09. The first kappa shape index (κ1) is 16.6. The molecule has 1 aromatic carbocycles. The highest BCUT2D eigenvalue weighted by molar-refractivity contribution is 6.35. The fraction of sp³-hybridized carbons (Fsp3) is 0.500. The van der Waals surface area contributed by atoms with Gasteiger partial charge in [-0.1, -0.05) is 23.2 Å². The van der Waals surface area contributed by atoms with Gasteiger partial charge in [0.15, 0.2) is 0 Å². The lowest BCUT2D eigenvalue weighted by Crippen LogP contribution is -2.34. The van der Waals surface area contributed by atoms with E-state index in [1.165, 1.54) is 0 Å². The first-order valence-electron chi connectivity index (χ1n) is 7.67. The van der Waals surface area contributed by atoms with E-state index < -0.39 is 0 Å². The number of carbonyl (C=O) groups excluding carboxylic acids is 2. The van der Waals surface area contributed by atoms with Gasteiger partial charge in [-0.15, -0.1) is 0 Å². The van der Waals surface area contributed by atoms with Crippen molar-refractivity contribution >= 4 is 40.7 Å². The highest BCUT2D eigenvalue weighted by atomic mass is 35.5. The first-order chi connectivity index (χ1) is 11.0. The molecule has 5 nitrogen and oxygen atoms in total. The second kappa shape index (κ2) is 7.07. The summed E-state index contributed by atoms with van der Waals surface area (Å²) in [6, 6.07) is 4.86. The number of ether oxygens (including phenoxy) is 1. The zero-order valence-corrected chi connectivity index (χ0v) is 14.1. The van der Waals surface area contributed by atoms with Gasteiger partial charge in [-0.2, -0.15) is 0 Å². The molecule has 124 valence electrons. The van der Waals surface area contributed by atoms with E-state index in [1.54, 1.807) is 23.1 Å². The molecule has 2 aliphatic heterocycles. The van der Waals surface area contributed by atoms with Crippen LogP contribution in [0.2, 0.25) is 10.0 Å². The molecule has 7 heteroatoms. The Bertz CT molecular complexity index is 597. The second-order valence-corrected chi connectivity index (χ2v) is 6.86. The number of nitrogens with one attached hydrogen (secondary N) is 1. The summed E-state index contributed by atoms with van der Waals surface area (Å²) < 4.78 is 5.56. The Morgan fingerprint density at radius 2 is 2.04 bits per heavy atom. The number of anilines is 1. The summed E-state index contributed by atoms with van der Waals surface area (Å²) in [6.45, 7) is 1.76. The van der Waals surface area contributed by atoms with E-state index in [-0.39, 0.29) is 30.3 Å². The lowest BCUT2D eigenvalue weighted by Gasteiger charge is -2.20. The highest BCUT2D eigenvalue weighted by Gasteiger charge is 2.36. The van der Waals surface area contributed by atoms with Gasteiger partial charge in [0.05, 0.1) is 12.0 Å². The minimum absolute atomic E-state index is 0.00442. The maximum atomic E-state index is 12.4. The Balaban J connectivity index is 1.58. The van der Waals surface area contributed by atoms with Crippen molar-refractivity contribution in [2.75, 3.05) is 25.0 Å². The Labute approximate surface area is 144 Å². The third kappa shape index (κ3) is 4.16. The van der Waals surface area contributed by atoms with Crippen molar-refractivity contribution in [1.82, 2.24) is 4.90 Å². The van der Waals surface area contributed by atoms with Gasteiger partial charge < -0.3 is 15.0 Å². The Morgan fingerprint density at radius 3 is 2.70 bits per heavy atom. The number of likely N-dealkylation sites (tertiary alicyclic amines) is 1. The van der Waals surface area contributed by atoms with Crippen LogP contribution in [-0.2, 0) is 14.3 Å². The van der Waals surface area contributed by atoms with Gasteiger partial charge in [0.25, 0.3) is 0 Å². The standard InChI is InChI=1S/C16H18Cl2N2O3/c17-11-5-12(18)7-13(6-11)19-16(22)10-4-15(21)20(8-10)9-14-2-1-3-23-14/h5-7,10,14H,1-4,8-9H2,(H,19,22).